The first kappa shape index (κ1) is 18.1. The summed E-state index contributed by atoms with van der Waals surface area (Å²) in [6.45, 7) is 0. The molecule has 132 valence electrons. The van der Waals surface area contributed by atoms with Crippen LogP contribution in [-0.2, 0) is 14.3 Å². The van der Waals surface area contributed by atoms with Crippen LogP contribution >= 0.6 is 0 Å². The van der Waals surface area contributed by atoms with Crippen molar-refractivity contribution in [3.05, 3.63) is 0 Å². The molecule has 4 nitrogen and oxygen atoms in total. The van der Waals surface area contributed by atoms with Crippen LogP contribution in [0.15, 0.2) is 0 Å². The van der Waals surface area contributed by atoms with Gasteiger partial charge in [0.1, 0.15) is 0 Å². The predicted molar refractivity (Wildman–Crippen MR) is 77.4 cm³/mol. The van der Waals surface area contributed by atoms with Crippen molar-refractivity contribution in [1.29, 1.82) is 0 Å². The summed E-state index contributed by atoms with van der Waals surface area (Å²) in [5.41, 5.74) is 0. The largest absolute Gasteiger partial charge is 0.469 e. The maximum atomic E-state index is 12.6. The first-order valence-corrected chi connectivity index (χ1v) is 8.25. The monoisotopic (exact) mass is 335 g/mol. The van der Waals surface area contributed by atoms with Gasteiger partial charge >= 0.3 is 12.1 Å². The molecule has 23 heavy (non-hydrogen) atoms. The molecule has 0 spiro atoms. The van der Waals surface area contributed by atoms with Crippen LogP contribution in [0.2, 0.25) is 0 Å². The Morgan fingerprint density at radius 2 is 1.74 bits per heavy atom. The summed E-state index contributed by atoms with van der Waals surface area (Å²) in [7, 11) is 1.33. The van der Waals surface area contributed by atoms with E-state index in [1.165, 1.54) is 7.11 Å². The topological polar surface area (TPSA) is 55.4 Å². The highest BCUT2D eigenvalue weighted by Gasteiger charge is 2.42. The molecule has 2 aliphatic carbocycles. The van der Waals surface area contributed by atoms with Crippen molar-refractivity contribution < 1.29 is 27.5 Å². The summed E-state index contributed by atoms with van der Waals surface area (Å²) in [5.74, 6) is -1.99. The molecule has 0 aromatic rings. The fraction of sp³-hybridized carbons (Fsp3) is 0.875. The Morgan fingerprint density at radius 3 is 2.30 bits per heavy atom. The number of carbonyl (C=O) groups is 2. The van der Waals surface area contributed by atoms with Gasteiger partial charge in [0.15, 0.2) is 0 Å². The molecule has 0 saturated heterocycles. The number of methoxy groups -OCH3 is 1. The summed E-state index contributed by atoms with van der Waals surface area (Å²) in [4.78, 5) is 23.8. The maximum absolute atomic E-state index is 12.6. The number of esters is 1. The van der Waals surface area contributed by atoms with Crippen LogP contribution in [0.3, 0.4) is 0 Å². The van der Waals surface area contributed by atoms with Crippen LogP contribution < -0.4 is 5.32 Å². The van der Waals surface area contributed by atoms with Gasteiger partial charge in [0.25, 0.3) is 0 Å². The Hall–Kier alpha value is -1.27. The number of ether oxygens (including phenoxy) is 1. The fourth-order valence-electron chi connectivity index (χ4n) is 3.79. The minimum absolute atomic E-state index is 0.00609. The molecule has 1 N–H and O–H groups in total. The Labute approximate surface area is 134 Å². The highest BCUT2D eigenvalue weighted by atomic mass is 19.4. The standard InChI is InChI=1S/C16H24F3NO3/c1-23-15(22)12-3-2-4-13(12)20-14(21)9-10-5-7-11(8-6-10)16(17,18)19/h10-13H,2-9H2,1H3,(H,20,21)/t10?,11?,12-,13+/m0/s1. The zero-order valence-corrected chi connectivity index (χ0v) is 13.3. The van der Waals surface area contributed by atoms with Crippen LogP contribution in [-0.4, -0.2) is 31.2 Å². The van der Waals surface area contributed by atoms with Gasteiger partial charge in [0, 0.05) is 12.5 Å². The van der Waals surface area contributed by atoms with Crippen LogP contribution in [0.5, 0.6) is 0 Å². The van der Waals surface area contributed by atoms with E-state index in [-0.39, 0.29) is 49.0 Å². The van der Waals surface area contributed by atoms with Gasteiger partial charge in [-0.25, -0.2) is 0 Å². The molecule has 2 saturated carbocycles. The third-order valence-electron chi connectivity index (χ3n) is 5.15. The average Bonchev–Trinajstić information content (AvgIpc) is 2.94. The van der Waals surface area contributed by atoms with Crippen LogP contribution in [0, 0.1) is 17.8 Å². The van der Waals surface area contributed by atoms with Crippen molar-refractivity contribution in [3.8, 4) is 0 Å². The number of alkyl halides is 3. The van der Waals surface area contributed by atoms with E-state index in [9.17, 15) is 22.8 Å². The summed E-state index contributed by atoms with van der Waals surface area (Å²) in [5, 5.41) is 2.87. The molecule has 1 amide bonds. The number of hydrogen-bond acceptors (Lipinski definition) is 3. The van der Waals surface area contributed by atoms with Crippen molar-refractivity contribution in [2.24, 2.45) is 17.8 Å². The zero-order chi connectivity index (χ0) is 17.0. The quantitative estimate of drug-likeness (QED) is 0.803. The zero-order valence-electron chi connectivity index (χ0n) is 13.3. The average molecular weight is 335 g/mol. The minimum Gasteiger partial charge on any atom is -0.469 e. The third-order valence-corrected chi connectivity index (χ3v) is 5.15. The van der Waals surface area contributed by atoms with E-state index < -0.39 is 12.1 Å². The molecular weight excluding hydrogens is 311 g/mol. The highest BCUT2D eigenvalue weighted by molar-refractivity contribution is 5.79. The van der Waals surface area contributed by atoms with Crippen molar-refractivity contribution in [2.45, 2.75) is 63.6 Å². The highest BCUT2D eigenvalue weighted by Crippen LogP contribution is 2.40. The molecule has 0 aliphatic heterocycles. The number of halogens is 3. The summed E-state index contributed by atoms with van der Waals surface area (Å²) < 4.78 is 42.6. The molecule has 0 radical (unpaired) electrons. The lowest BCUT2D eigenvalue weighted by Gasteiger charge is -2.30. The summed E-state index contributed by atoms with van der Waals surface area (Å²) in [6.07, 6.45) is -0.488. The lowest BCUT2D eigenvalue weighted by molar-refractivity contribution is -0.184. The van der Waals surface area contributed by atoms with Crippen LogP contribution in [0.4, 0.5) is 13.2 Å². The second kappa shape index (κ2) is 7.53. The second-order valence-electron chi connectivity index (χ2n) is 6.70. The molecular formula is C16H24F3NO3. The van der Waals surface area contributed by atoms with Crippen molar-refractivity contribution in [3.63, 3.8) is 0 Å². The van der Waals surface area contributed by atoms with Crippen LogP contribution in [0.25, 0.3) is 0 Å². The van der Waals surface area contributed by atoms with E-state index in [1.54, 1.807) is 0 Å². The van der Waals surface area contributed by atoms with E-state index in [0.717, 1.165) is 12.8 Å². The molecule has 7 heteroatoms. The lowest BCUT2D eigenvalue weighted by Crippen LogP contribution is -2.41. The van der Waals surface area contributed by atoms with Gasteiger partial charge < -0.3 is 10.1 Å². The second-order valence-corrected chi connectivity index (χ2v) is 6.70. The Balaban J connectivity index is 1.76. The van der Waals surface area contributed by atoms with Gasteiger partial charge in [-0.3, -0.25) is 9.59 Å². The molecule has 2 atom stereocenters. The fourth-order valence-corrected chi connectivity index (χ4v) is 3.79. The molecule has 0 aromatic carbocycles. The summed E-state index contributed by atoms with van der Waals surface area (Å²) >= 11 is 0. The van der Waals surface area contributed by atoms with Gasteiger partial charge in [-0.15, -0.1) is 0 Å². The normalized spacial score (nSPS) is 31.7. The lowest BCUT2D eigenvalue weighted by atomic mass is 9.80. The Bertz CT molecular complexity index is 431. The van der Waals surface area contributed by atoms with E-state index in [0.29, 0.717) is 19.3 Å². The smallest absolute Gasteiger partial charge is 0.391 e. The molecule has 0 heterocycles. The van der Waals surface area contributed by atoms with Crippen molar-refractivity contribution in [2.75, 3.05) is 7.11 Å². The molecule has 0 bridgehead atoms. The number of hydrogen-bond donors (Lipinski definition) is 1. The first-order valence-electron chi connectivity index (χ1n) is 8.25. The summed E-state index contributed by atoms with van der Waals surface area (Å²) in [6, 6.07) is -0.207. The van der Waals surface area contributed by atoms with Gasteiger partial charge in [-0.05, 0) is 44.4 Å². The van der Waals surface area contributed by atoms with Gasteiger partial charge in [0.2, 0.25) is 5.91 Å². The van der Waals surface area contributed by atoms with Gasteiger partial charge in [-0.1, -0.05) is 6.42 Å². The van der Waals surface area contributed by atoms with E-state index >= 15 is 0 Å². The number of rotatable bonds is 4. The molecule has 2 aliphatic rings. The Kier molecular flexibility index (Phi) is 5.92. The first-order chi connectivity index (χ1) is 10.8. The number of carbonyl (C=O) groups excluding carboxylic acids is 2. The molecule has 2 fully saturated rings. The van der Waals surface area contributed by atoms with Crippen molar-refractivity contribution >= 4 is 11.9 Å². The molecule has 0 aromatic heterocycles. The minimum atomic E-state index is -4.12. The maximum Gasteiger partial charge on any atom is 0.391 e. The van der Waals surface area contributed by atoms with E-state index in [2.05, 4.69) is 5.32 Å². The number of amides is 1. The number of nitrogens with one attached hydrogen (secondary N) is 1. The molecule has 0 unspecified atom stereocenters. The van der Waals surface area contributed by atoms with Gasteiger partial charge in [0.05, 0.1) is 18.9 Å². The van der Waals surface area contributed by atoms with Gasteiger partial charge in [-0.2, -0.15) is 13.2 Å². The van der Waals surface area contributed by atoms with E-state index in [1.807, 2.05) is 0 Å². The predicted octanol–water partition coefficient (Wildman–Crippen LogP) is 3.20. The van der Waals surface area contributed by atoms with Crippen molar-refractivity contribution in [1.82, 2.24) is 5.32 Å². The van der Waals surface area contributed by atoms with Crippen LogP contribution in [0.1, 0.15) is 51.4 Å². The molecule has 2 rings (SSSR count). The SMILES string of the molecule is COC(=O)[C@H]1CCC[C@H]1NC(=O)CC1CCC(C(F)(F)F)CC1. The third kappa shape index (κ3) is 4.85. The Morgan fingerprint density at radius 1 is 1.09 bits per heavy atom. The van der Waals surface area contributed by atoms with E-state index in [4.69, 9.17) is 4.74 Å².